The molecule has 0 aromatic heterocycles. The Morgan fingerprint density at radius 2 is 0.889 bits per heavy atom. The van der Waals surface area contributed by atoms with E-state index in [9.17, 15) is 9.59 Å². The smallest absolute Gasteiger partial charge is 0.196 e. The summed E-state index contributed by atoms with van der Waals surface area (Å²) in [5, 5.41) is 6.88. The molecule has 0 saturated heterocycles. The van der Waals surface area contributed by atoms with Gasteiger partial charge in [-0.25, -0.2) is 0 Å². The SMILES string of the molecule is C=CC(Nc1ccc(NC(C=C)c2ccccc2)c2c1C(=O)c1ccccc1C2=O)c1ccccc1. The van der Waals surface area contributed by atoms with Gasteiger partial charge in [-0.1, -0.05) is 97.1 Å². The summed E-state index contributed by atoms with van der Waals surface area (Å²) >= 11 is 0. The molecule has 2 atom stereocenters. The molecule has 0 fully saturated rings. The van der Waals surface area contributed by atoms with Crippen molar-refractivity contribution in [3.63, 3.8) is 0 Å². The molecule has 5 rings (SSSR count). The van der Waals surface area contributed by atoms with Gasteiger partial charge >= 0.3 is 0 Å². The third-order valence-electron chi connectivity index (χ3n) is 6.49. The number of nitrogens with one attached hydrogen (secondary N) is 2. The minimum absolute atomic E-state index is 0.183. The second kappa shape index (κ2) is 9.88. The maximum atomic E-state index is 13.8. The maximum Gasteiger partial charge on any atom is 0.196 e. The lowest BCUT2D eigenvalue weighted by Crippen LogP contribution is -2.25. The zero-order valence-electron chi connectivity index (χ0n) is 19.8. The highest BCUT2D eigenvalue weighted by Crippen LogP contribution is 2.39. The number of rotatable bonds is 8. The third-order valence-corrected chi connectivity index (χ3v) is 6.49. The van der Waals surface area contributed by atoms with E-state index in [0.29, 0.717) is 33.6 Å². The van der Waals surface area contributed by atoms with Gasteiger partial charge in [0.2, 0.25) is 0 Å². The third kappa shape index (κ3) is 4.14. The van der Waals surface area contributed by atoms with Crippen molar-refractivity contribution in [2.45, 2.75) is 12.1 Å². The lowest BCUT2D eigenvalue weighted by atomic mass is 9.82. The standard InChI is InChI=1S/C32H26N2O2/c1-3-25(21-13-7-5-8-14-21)33-27-19-20-28(34-26(4-2)22-15-9-6-10-16-22)30-29(27)31(35)23-17-11-12-18-24(23)32(30)36/h3-20,25-26,33-34H,1-2H2. The predicted molar refractivity (Wildman–Crippen MR) is 146 cm³/mol. The second-order valence-corrected chi connectivity index (χ2v) is 8.65. The minimum atomic E-state index is -0.237. The molecular formula is C32H26N2O2. The Kier molecular flexibility index (Phi) is 6.33. The molecule has 36 heavy (non-hydrogen) atoms. The molecule has 0 bridgehead atoms. The van der Waals surface area contributed by atoms with Gasteiger partial charge in [0.25, 0.3) is 0 Å². The van der Waals surface area contributed by atoms with Gasteiger partial charge in [-0.3, -0.25) is 9.59 Å². The van der Waals surface area contributed by atoms with Gasteiger partial charge in [0.1, 0.15) is 0 Å². The van der Waals surface area contributed by atoms with Gasteiger partial charge in [-0.05, 0) is 23.3 Å². The fraction of sp³-hybridized carbons (Fsp3) is 0.0625. The Labute approximate surface area is 211 Å². The highest BCUT2D eigenvalue weighted by Gasteiger charge is 2.34. The van der Waals surface area contributed by atoms with E-state index in [-0.39, 0.29) is 23.7 Å². The molecule has 0 amide bonds. The quantitative estimate of drug-likeness (QED) is 0.237. The summed E-state index contributed by atoms with van der Waals surface area (Å²) in [5.74, 6) is -0.367. The van der Waals surface area contributed by atoms with Crippen LogP contribution in [0.25, 0.3) is 0 Å². The number of hydrogen-bond acceptors (Lipinski definition) is 4. The highest BCUT2D eigenvalue weighted by molar-refractivity contribution is 6.32. The van der Waals surface area contributed by atoms with Crippen LogP contribution < -0.4 is 10.6 Å². The van der Waals surface area contributed by atoms with Crippen LogP contribution in [0.4, 0.5) is 11.4 Å². The monoisotopic (exact) mass is 470 g/mol. The van der Waals surface area contributed by atoms with E-state index in [4.69, 9.17) is 0 Å². The van der Waals surface area contributed by atoms with Crippen LogP contribution in [0.3, 0.4) is 0 Å². The normalized spacial score (nSPS) is 13.7. The summed E-state index contributed by atoms with van der Waals surface area (Å²) in [6.07, 6.45) is 3.58. The Bertz CT molecular complexity index is 1350. The Balaban J connectivity index is 1.63. The zero-order chi connectivity index (χ0) is 25.1. The summed E-state index contributed by atoms with van der Waals surface area (Å²) in [4.78, 5) is 27.6. The van der Waals surface area contributed by atoms with Crippen LogP contribution in [0.2, 0.25) is 0 Å². The Morgan fingerprint density at radius 1 is 0.528 bits per heavy atom. The number of carbonyl (C=O) groups excluding carboxylic acids is 2. The van der Waals surface area contributed by atoms with E-state index in [0.717, 1.165) is 11.1 Å². The number of hydrogen-bond donors (Lipinski definition) is 2. The van der Waals surface area contributed by atoms with Crippen LogP contribution >= 0.6 is 0 Å². The number of ketones is 2. The summed E-state index contributed by atoms with van der Waals surface area (Å²) in [6, 6.07) is 29.9. The first kappa shape index (κ1) is 23.1. The Hall–Kier alpha value is -4.70. The molecule has 2 N–H and O–H groups in total. The minimum Gasteiger partial charge on any atom is -0.374 e. The molecular weight excluding hydrogens is 444 g/mol. The van der Waals surface area contributed by atoms with Gasteiger partial charge in [-0.2, -0.15) is 0 Å². The van der Waals surface area contributed by atoms with Crippen molar-refractivity contribution in [1.82, 2.24) is 0 Å². The van der Waals surface area contributed by atoms with Crippen LogP contribution in [0.1, 0.15) is 55.1 Å². The lowest BCUT2D eigenvalue weighted by molar-refractivity contribution is 0.0980. The highest BCUT2D eigenvalue weighted by atomic mass is 16.1. The van der Waals surface area contributed by atoms with Crippen LogP contribution in [0.5, 0.6) is 0 Å². The molecule has 0 spiro atoms. The average molecular weight is 471 g/mol. The molecule has 1 aliphatic carbocycles. The van der Waals surface area contributed by atoms with Gasteiger partial charge < -0.3 is 10.6 Å². The number of benzene rings is 4. The summed E-state index contributed by atoms with van der Waals surface area (Å²) in [6.45, 7) is 7.96. The van der Waals surface area contributed by atoms with Crippen LogP contribution in [0, 0.1) is 0 Å². The fourth-order valence-electron chi connectivity index (χ4n) is 4.68. The predicted octanol–water partition coefficient (Wildman–Crippen LogP) is 7.14. The maximum absolute atomic E-state index is 13.8. The van der Waals surface area contributed by atoms with E-state index in [1.165, 1.54) is 0 Å². The van der Waals surface area contributed by atoms with Crippen molar-refractivity contribution in [3.05, 3.63) is 156 Å². The molecule has 2 unspecified atom stereocenters. The molecule has 4 aromatic rings. The Morgan fingerprint density at radius 3 is 1.25 bits per heavy atom. The molecule has 0 heterocycles. The average Bonchev–Trinajstić information content (AvgIpc) is 2.94. The summed E-state index contributed by atoms with van der Waals surface area (Å²) < 4.78 is 0. The molecule has 4 aromatic carbocycles. The lowest BCUT2D eigenvalue weighted by Gasteiger charge is -2.27. The fourth-order valence-corrected chi connectivity index (χ4v) is 4.68. The molecule has 0 aliphatic heterocycles. The van der Waals surface area contributed by atoms with Crippen molar-refractivity contribution in [2.75, 3.05) is 10.6 Å². The van der Waals surface area contributed by atoms with Crippen LogP contribution in [-0.2, 0) is 0 Å². The van der Waals surface area contributed by atoms with Crippen molar-refractivity contribution < 1.29 is 9.59 Å². The molecule has 0 saturated carbocycles. The van der Waals surface area contributed by atoms with Gasteiger partial charge in [0, 0.05) is 22.5 Å². The van der Waals surface area contributed by atoms with E-state index in [1.54, 1.807) is 36.4 Å². The van der Waals surface area contributed by atoms with E-state index >= 15 is 0 Å². The largest absolute Gasteiger partial charge is 0.374 e. The van der Waals surface area contributed by atoms with E-state index in [2.05, 4.69) is 23.8 Å². The van der Waals surface area contributed by atoms with Gasteiger partial charge in [-0.15, -0.1) is 13.2 Å². The molecule has 176 valence electrons. The van der Waals surface area contributed by atoms with Crippen molar-refractivity contribution >= 4 is 22.9 Å². The number of anilines is 2. The molecule has 4 nitrogen and oxygen atoms in total. The molecule has 1 aliphatic rings. The molecule has 4 heteroatoms. The summed E-state index contributed by atoms with van der Waals surface area (Å²) in [7, 11) is 0. The van der Waals surface area contributed by atoms with Crippen molar-refractivity contribution in [3.8, 4) is 0 Å². The first-order chi connectivity index (χ1) is 17.6. The van der Waals surface area contributed by atoms with Gasteiger partial charge in [0.15, 0.2) is 11.6 Å². The van der Waals surface area contributed by atoms with Crippen molar-refractivity contribution in [1.29, 1.82) is 0 Å². The second-order valence-electron chi connectivity index (χ2n) is 8.65. The number of carbonyl (C=O) groups is 2. The first-order valence-corrected chi connectivity index (χ1v) is 11.9. The van der Waals surface area contributed by atoms with Crippen LogP contribution in [-0.4, -0.2) is 11.6 Å². The molecule has 0 radical (unpaired) electrons. The summed E-state index contributed by atoms with van der Waals surface area (Å²) in [5.41, 5.74) is 4.74. The van der Waals surface area contributed by atoms with E-state index in [1.807, 2.05) is 72.8 Å². The topological polar surface area (TPSA) is 58.2 Å². The van der Waals surface area contributed by atoms with E-state index < -0.39 is 0 Å². The first-order valence-electron chi connectivity index (χ1n) is 11.9. The van der Waals surface area contributed by atoms with Gasteiger partial charge in [0.05, 0.1) is 23.2 Å². The zero-order valence-corrected chi connectivity index (χ0v) is 19.8. The van der Waals surface area contributed by atoms with Crippen LogP contribution in [0.15, 0.2) is 122 Å². The van der Waals surface area contributed by atoms with Crippen molar-refractivity contribution in [2.24, 2.45) is 0 Å². The number of fused-ring (bicyclic) bond motifs is 2.